The Morgan fingerprint density at radius 1 is 1.25 bits per heavy atom. The number of guanidine groups is 1. The number of benzene rings is 1. The molecule has 1 unspecified atom stereocenters. The van der Waals surface area contributed by atoms with Gasteiger partial charge in [-0.25, -0.2) is 9.67 Å². The average molecular weight is 381 g/mol. The average Bonchev–Trinajstić information content (AvgIpc) is 3.34. The highest BCUT2D eigenvalue weighted by Gasteiger charge is 2.42. The summed E-state index contributed by atoms with van der Waals surface area (Å²) in [5, 5.41) is 11.7. The van der Waals surface area contributed by atoms with Gasteiger partial charge in [0.05, 0.1) is 6.54 Å². The van der Waals surface area contributed by atoms with Crippen molar-refractivity contribution in [1.82, 2.24) is 25.4 Å². The normalized spacial score (nSPS) is 20.5. The minimum Gasteiger partial charge on any atom is -0.357 e. The molecule has 150 valence electrons. The molecule has 1 saturated carbocycles. The van der Waals surface area contributed by atoms with Crippen molar-refractivity contribution in [2.75, 3.05) is 13.1 Å². The first-order valence-corrected chi connectivity index (χ1v) is 10.7. The molecule has 1 aromatic heterocycles. The van der Waals surface area contributed by atoms with E-state index in [0.29, 0.717) is 11.5 Å². The zero-order chi connectivity index (χ0) is 19.4. The molecule has 0 bridgehead atoms. The van der Waals surface area contributed by atoms with Crippen molar-refractivity contribution in [3.8, 4) is 0 Å². The highest BCUT2D eigenvalue weighted by molar-refractivity contribution is 5.80. The smallest absolute Gasteiger partial charge is 0.191 e. The third-order valence-corrected chi connectivity index (χ3v) is 5.85. The summed E-state index contributed by atoms with van der Waals surface area (Å²) in [6.07, 6.45) is 6.62. The summed E-state index contributed by atoms with van der Waals surface area (Å²) in [5.74, 6) is 3.01. The van der Waals surface area contributed by atoms with Crippen molar-refractivity contribution in [3.05, 3.63) is 47.5 Å². The molecule has 1 atom stereocenters. The summed E-state index contributed by atoms with van der Waals surface area (Å²) in [6.45, 7) is 6.85. The fraction of sp³-hybridized carbons (Fsp3) is 0.591. The number of aryl methyl sites for hydroxylation is 2. The van der Waals surface area contributed by atoms with E-state index in [2.05, 4.69) is 69.6 Å². The van der Waals surface area contributed by atoms with E-state index in [1.807, 2.05) is 0 Å². The molecule has 1 fully saturated rings. The second-order valence-electron chi connectivity index (χ2n) is 8.22. The second kappa shape index (κ2) is 8.33. The van der Waals surface area contributed by atoms with E-state index in [-0.39, 0.29) is 0 Å². The molecule has 0 spiro atoms. The predicted octanol–water partition coefficient (Wildman–Crippen LogP) is 2.73. The number of rotatable bonds is 7. The molecular weight excluding hydrogens is 348 g/mol. The third kappa shape index (κ3) is 4.54. The molecule has 6 heteroatoms. The summed E-state index contributed by atoms with van der Waals surface area (Å²) in [7, 11) is 0. The summed E-state index contributed by atoms with van der Waals surface area (Å²) < 4.78 is 2.07. The molecule has 4 rings (SSSR count). The molecular formula is C22H32N6. The molecule has 2 aromatic rings. The van der Waals surface area contributed by atoms with Gasteiger partial charge in [-0.15, -0.1) is 0 Å². The second-order valence-corrected chi connectivity index (χ2v) is 8.22. The standard InChI is InChI=1S/C22H32N6/c1-3-19-26-20-11-10-18(15-28(20)27-19)25-21(23-4-2)24-16-22(12-13-22)14-17-8-6-5-7-9-17/h5-9,18H,3-4,10-16H2,1-2H3,(H2,23,24,25). The SMILES string of the molecule is CCNC(=NCC1(Cc2ccccc2)CC1)NC1CCc2nc(CC)nn2C1. The lowest BCUT2D eigenvalue weighted by atomic mass is 9.97. The lowest BCUT2D eigenvalue weighted by Crippen LogP contribution is -2.47. The minimum atomic E-state index is 0.348. The zero-order valence-corrected chi connectivity index (χ0v) is 17.1. The topological polar surface area (TPSA) is 67.1 Å². The number of hydrogen-bond donors (Lipinski definition) is 2. The van der Waals surface area contributed by atoms with Crippen LogP contribution in [0.5, 0.6) is 0 Å². The Hall–Kier alpha value is -2.37. The summed E-state index contributed by atoms with van der Waals surface area (Å²) in [4.78, 5) is 9.58. The maximum absolute atomic E-state index is 4.96. The molecule has 1 aliphatic carbocycles. The maximum atomic E-state index is 4.96. The molecule has 0 radical (unpaired) electrons. The van der Waals surface area contributed by atoms with E-state index in [0.717, 1.165) is 62.9 Å². The molecule has 6 nitrogen and oxygen atoms in total. The first-order valence-electron chi connectivity index (χ1n) is 10.7. The molecule has 28 heavy (non-hydrogen) atoms. The van der Waals surface area contributed by atoms with Gasteiger partial charge < -0.3 is 10.6 Å². The highest BCUT2D eigenvalue weighted by Crippen LogP contribution is 2.48. The van der Waals surface area contributed by atoms with Crippen LogP contribution in [0.2, 0.25) is 0 Å². The van der Waals surface area contributed by atoms with Crippen LogP contribution in [0.25, 0.3) is 0 Å². The van der Waals surface area contributed by atoms with Crippen molar-refractivity contribution in [2.24, 2.45) is 10.4 Å². The van der Waals surface area contributed by atoms with Crippen molar-refractivity contribution in [2.45, 2.75) is 65.0 Å². The van der Waals surface area contributed by atoms with E-state index >= 15 is 0 Å². The largest absolute Gasteiger partial charge is 0.357 e. The number of hydrogen-bond acceptors (Lipinski definition) is 3. The van der Waals surface area contributed by atoms with Gasteiger partial charge in [-0.1, -0.05) is 37.3 Å². The number of nitrogens with zero attached hydrogens (tertiary/aromatic N) is 4. The Morgan fingerprint density at radius 2 is 2.07 bits per heavy atom. The Labute approximate surface area is 167 Å². The lowest BCUT2D eigenvalue weighted by molar-refractivity contribution is 0.391. The summed E-state index contributed by atoms with van der Waals surface area (Å²) in [5.41, 5.74) is 1.77. The fourth-order valence-corrected chi connectivity index (χ4v) is 3.98. The van der Waals surface area contributed by atoms with Crippen LogP contribution in [0.15, 0.2) is 35.3 Å². The van der Waals surface area contributed by atoms with E-state index in [1.54, 1.807) is 0 Å². The van der Waals surface area contributed by atoms with Crippen LogP contribution in [0.4, 0.5) is 0 Å². The predicted molar refractivity (Wildman–Crippen MR) is 112 cm³/mol. The summed E-state index contributed by atoms with van der Waals surface area (Å²) >= 11 is 0. The van der Waals surface area contributed by atoms with Crippen molar-refractivity contribution < 1.29 is 0 Å². The lowest BCUT2D eigenvalue weighted by Gasteiger charge is -2.25. The van der Waals surface area contributed by atoms with Gasteiger partial charge in [-0.2, -0.15) is 5.10 Å². The quantitative estimate of drug-likeness (QED) is 0.573. The van der Waals surface area contributed by atoms with Crippen molar-refractivity contribution in [1.29, 1.82) is 0 Å². The summed E-state index contributed by atoms with van der Waals surface area (Å²) in [6, 6.07) is 11.2. The van der Waals surface area contributed by atoms with Crippen molar-refractivity contribution in [3.63, 3.8) is 0 Å². The van der Waals surface area contributed by atoms with E-state index in [1.165, 1.54) is 18.4 Å². The van der Waals surface area contributed by atoms with Crippen LogP contribution < -0.4 is 10.6 Å². The maximum Gasteiger partial charge on any atom is 0.191 e. The van der Waals surface area contributed by atoms with Gasteiger partial charge in [0.15, 0.2) is 11.8 Å². The van der Waals surface area contributed by atoms with Gasteiger partial charge in [0.25, 0.3) is 0 Å². The van der Waals surface area contributed by atoms with Crippen LogP contribution in [-0.4, -0.2) is 39.9 Å². The molecule has 1 aromatic carbocycles. The number of aliphatic imine (C=N–C) groups is 1. The van der Waals surface area contributed by atoms with Gasteiger partial charge in [0.1, 0.15) is 5.82 Å². The Balaban J connectivity index is 1.37. The van der Waals surface area contributed by atoms with Crippen LogP contribution in [0.1, 0.15) is 50.3 Å². The van der Waals surface area contributed by atoms with Crippen molar-refractivity contribution >= 4 is 5.96 Å². The van der Waals surface area contributed by atoms with Crippen LogP contribution >= 0.6 is 0 Å². The Kier molecular flexibility index (Phi) is 5.64. The number of nitrogens with one attached hydrogen (secondary N) is 2. The van der Waals surface area contributed by atoms with Gasteiger partial charge in [-0.3, -0.25) is 4.99 Å². The monoisotopic (exact) mass is 380 g/mol. The molecule has 1 aliphatic heterocycles. The molecule has 0 amide bonds. The van der Waals surface area contributed by atoms with Crippen LogP contribution in [-0.2, 0) is 25.8 Å². The number of aromatic nitrogens is 3. The van der Waals surface area contributed by atoms with Gasteiger partial charge in [-0.05, 0) is 43.6 Å². The van der Waals surface area contributed by atoms with Crippen LogP contribution in [0, 0.1) is 5.41 Å². The Morgan fingerprint density at radius 3 is 2.79 bits per heavy atom. The highest BCUT2D eigenvalue weighted by atomic mass is 15.4. The molecule has 2 aliphatic rings. The molecule has 2 N–H and O–H groups in total. The first kappa shape index (κ1) is 19.0. The van der Waals surface area contributed by atoms with E-state index < -0.39 is 0 Å². The van der Waals surface area contributed by atoms with Gasteiger partial charge >= 0.3 is 0 Å². The van der Waals surface area contributed by atoms with Crippen LogP contribution in [0.3, 0.4) is 0 Å². The third-order valence-electron chi connectivity index (χ3n) is 5.85. The fourth-order valence-electron chi connectivity index (χ4n) is 3.98. The van der Waals surface area contributed by atoms with Gasteiger partial charge in [0, 0.05) is 32.0 Å². The first-order chi connectivity index (χ1) is 13.7. The van der Waals surface area contributed by atoms with E-state index in [4.69, 9.17) is 4.99 Å². The van der Waals surface area contributed by atoms with E-state index in [9.17, 15) is 0 Å². The minimum absolute atomic E-state index is 0.348. The van der Waals surface area contributed by atoms with Gasteiger partial charge in [0.2, 0.25) is 0 Å². The number of fused-ring (bicyclic) bond motifs is 1. The molecule has 0 saturated heterocycles. The molecule has 2 heterocycles. The Bertz CT molecular complexity index is 806. The zero-order valence-electron chi connectivity index (χ0n) is 17.1.